The van der Waals surface area contributed by atoms with Crippen molar-refractivity contribution >= 4 is 23.4 Å². The van der Waals surface area contributed by atoms with Gasteiger partial charge in [0.1, 0.15) is 4.88 Å². The molecule has 0 bridgehead atoms. The van der Waals surface area contributed by atoms with Crippen molar-refractivity contribution in [2.45, 2.75) is 20.3 Å². The zero-order valence-corrected chi connectivity index (χ0v) is 10.5. The van der Waals surface area contributed by atoms with Crippen LogP contribution in [0, 0.1) is 6.92 Å². The fourth-order valence-corrected chi connectivity index (χ4v) is 2.11. The molecular weight excluding hydrogens is 244 g/mol. The number of aryl methyl sites for hydroxylation is 1. The van der Waals surface area contributed by atoms with Crippen LogP contribution in [0.2, 0.25) is 0 Å². The fraction of sp³-hybridized carbons (Fsp3) is 0.500. The maximum Gasteiger partial charge on any atom is 0.407 e. The number of rotatable bonds is 5. The van der Waals surface area contributed by atoms with Gasteiger partial charge in [-0.15, -0.1) is 11.3 Å². The number of alkyl carbamates (subject to hydrolysis) is 1. The van der Waals surface area contributed by atoms with E-state index in [1.54, 1.807) is 13.8 Å². The molecule has 17 heavy (non-hydrogen) atoms. The molecule has 0 saturated heterocycles. The zero-order valence-electron chi connectivity index (χ0n) is 9.65. The number of aromatic nitrogens is 1. The molecule has 1 amide bonds. The van der Waals surface area contributed by atoms with Gasteiger partial charge in [-0.3, -0.25) is 0 Å². The van der Waals surface area contributed by atoms with Gasteiger partial charge >= 0.3 is 12.1 Å². The highest BCUT2D eigenvalue weighted by molar-refractivity contribution is 7.13. The SMILES string of the molecule is CCOC(=O)NCCc1nc(C)c(C(=O)O)s1. The summed E-state index contributed by atoms with van der Waals surface area (Å²) in [6, 6.07) is 0. The lowest BCUT2D eigenvalue weighted by atomic mass is 10.4. The number of nitrogens with zero attached hydrogens (tertiary/aromatic N) is 1. The van der Waals surface area contributed by atoms with E-state index in [-0.39, 0.29) is 4.88 Å². The van der Waals surface area contributed by atoms with Crippen molar-refractivity contribution in [2.75, 3.05) is 13.2 Å². The number of hydrogen-bond donors (Lipinski definition) is 2. The van der Waals surface area contributed by atoms with Gasteiger partial charge in [-0.05, 0) is 13.8 Å². The van der Waals surface area contributed by atoms with Crippen LogP contribution in [-0.4, -0.2) is 35.3 Å². The van der Waals surface area contributed by atoms with Crippen molar-refractivity contribution in [3.8, 4) is 0 Å². The molecule has 6 nitrogen and oxygen atoms in total. The predicted molar refractivity (Wildman–Crippen MR) is 62.5 cm³/mol. The van der Waals surface area contributed by atoms with Crippen LogP contribution in [0.25, 0.3) is 0 Å². The molecule has 1 heterocycles. The second kappa shape index (κ2) is 6.19. The van der Waals surface area contributed by atoms with Crippen LogP contribution in [0.15, 0.2) is 0 Å². The summed E-state index contributed by atoms with van der Waals surface area (Å²) in [5.41, 5.74) is 0.508. The van der Waals surface area contributed by atoms with Crippen LogP contribution in [0.5, 0.6) is 0 Å². The molecular formula is C10H14N2O4S. The summed E-state index contributed by atoms with van der Waals surface area (Å²) < 4.78 is 4.69. The number of carbonyl (C=O) groups is 2. The second-order valence-corrected chi connectivity index (χ2v) is 4.31. The summed E-state index contributed by atoms with van der Waals surface area (Å²) in [5, 5.41) is 12.1. The van der Waals surface area contributed by atoms with E-state index < -0.39 is 12.1 Å². The highest BCUT2D eigenvalue weighted by Crippen LogP contribution is 2.17. The molecule has 1 aromatic rings. The monoisotopic (exact) mass is 258 g/mol. The lowest BCUT2D eigenvalue weighted by molar-refractivity contribution is 0.0701. The first-order valence-electron chi connectivity index (χ1n) is 5.14. The normalized spacial score (nSPS) is 10.0. The van der Waals surface area contributed by atoms with Crippen LogP contribution in [-0.2, 0) is 11.2 Å². The molecule has 0 atom stereocenters. The number of thiazole rings is 1. The Balaban J connectivity index is 2.45. The molecule has 0 aliphatic heterocycles. The van der Waals surface area contributed by atoms with E-state index in [1.807, 2.05) is 0 Å². The van der Waals surface area contributed by atoms with Gasteiger partial charge in [0.15, 0.2) is 0 Å². The molecule has 0 radical (unpaired) electrons. The number of hydrogen-bond acceptors (Lipinski definition) is 5. The average molecular weight is 258 g/mol. The number of carboxylic acids is 1. The smallest absolute Gasteiger partial charge is 0.407 e. The van der Waals surface area contributed by atoms with Crippen LogP contribution in [0.3, 0.4) is 0 Å². The maximum absolute atomic E-state index is 11.0. The molecule has 0 unspecified atom stereocenters. The summed E-state index contributed by atoms with van der Waals surface area (Å²) in [7, 11) is 0. The lowest BCUT2D eigenvalue weighted by Gasteiger charge is -2.02. The van der Waals surface area contributed by atoms with Crippen molar-refractivity contribution in [3.05, 3.63) is 15.6 Å². The molecule has 0 aromatic carbocycles. The first-order valence-corrected chi connectivity index (χ1v) is 5.96. The van der Waals surface area contributed by atoms with Crippen LogP contribution in [0.4, 0.5) is 4.79 Å². The van der Waals surface area contributed by atoms with E-state index >= 15 is 0 Å². The minimum absolute atomic E-state index is 0.246. The Hall–Kier alpha value is -1.63. The second-order valence-electron chi connectivity index (χ2n) is 3.22. The molecule has 0 spiro atoms. The lowest BCUT2D eigenvalue weighted by Crippen LogP contribution is -2.26. The Morgan fingerprint density at radius 1 is 1.53 bits per heavy atom. The fourth-order valence-electron chi connectivity index (χ4n) is 1.21. The van der Waals surface area contributed by atoms with Gasteiger partial charge in [0.25, 0.3) is 0 Å². The van der Waals surface area contributed by atoms with Crippen LogP contribution in [0.1, 0.15) is 27.3 Å². The molecule has 0 fully saturated rings. The molecule has 7 heteroatoms. The van der Waals surface area contributed by atoms with E-state index in [4.69, 9.17) is 5.11 Å². The molecule has 0 saturated carbocycles. The summed E-state index contributed by atoms with van der Waals surface area (Å²) in [6.45, 7) is 4.08. The van der Waals surface area contributed by atoms with Gasteiger partial charge in [-0.2, -0.15) is 0 Å². The third kappa shape index (κ3) is 4.03. The number of carbonyl (C=O) groups excluding carboxylic acids is 1. The summed E-state index contributed by atoms with van der Waals surface area (Å²) in [4.78, 5) is 26.1. The average Bonchev–Trinajstić information content (AvgIpc) is 2.60. The van der Waals surface area contributed by atoms with Crippen molar-refractivity contribution < 1.29 is 19.4 Å². The standard InChI is InChI=1S/C10H14N2O4S/c1-3-16-10(15)11-5-4-7-12-6(2)8(17-7)9(13)14/h3-5H2,1-2H3,(H,11,15)(H,13,14). The Morgan fingerprint density at radius 3 is 2.76 bits per heavy atom. The van der Waals surface area contributed by atoms with E-state index in [1.165, 1.54) is 0 Å². The minimum Gasteiger partial charge on any atom is -0.477 e. The Labute approximate surface area is 103 Å². The van der Waals surface area contributed by atoms with E-state index in [2.05, 4.69) is 15.0 Å². The quantitative estimate of drug-likeness (QED) is 0.834. The van der Waals surface area contributed by atoms with Gasteiger partial charge in [0.05, 0.1) is 17.3 Å². The van der Waals surface area contributed by atoms with Crippen LogP contribution < -0.4 is 5.32 Å². The molecule has 0 aliphatic carbocycles. The molecule has 1 aromatic heterocycles. The Bertz CT molecular complexity index is 416. The van der Waals surface area contributed by atoms with Crippen molar-refractivity contribution in [3.63, 3.8) is 0 Å². The minimum atomic E-state index is -0.968. The third-order valence-corrected chi connectivity index (χ3v) is 3.12. The first-order chi connectivity index (χ1) is 8.04. The number of aromatic carboxylic acids is 1. The summed E-state index contributed by atoms with van der Waals surface area (Å²) >= 11 is 1.13. The van der Waals surface area contributed by atoms with Crippen LogP contribution >= 0.6 is 11.3 Å². The van der Waals surface area contributed by atoms with Gasteiger partial charge < -0.3 is 15.2 Å². The zero-order chi connectivity index (χ0) is 12.8. The van der Waals surface area contributed by atoms with Gasteiger partial charge in [-0.1, -0.05) is 0 Å². The molecule has 2 N–H and O–H groups in total. The number of ether oxygens (including phenoxy) is 1. The first kappa shape index (κ1) is 13.4. The predicted octanol–water partition coefficient (Wildman–Crippen LogP) is 1.44. The highest BCUT2D eigenvalue weighted by Gasteiger charge is 2.13. The van der Waals surface area contributed by atoms with E-state index in [0.717, 1.165) is 11.3 Å². The number of carboxylic acid groups (broad SMARTS) is 1. The van der Waals surface area contributed by atoms with E-state index in [0.29, 0.717) is 30.3 Å². The highest BCUT2D eigenvalue weighted by atomic mass is 32.1. The third-order valence-electron chi connectivity index (χ3n) is 1.92. The Morgan fingerprint density at radius 2 is 2.24 bits per heavy atom. The van der Waals surface area contributed by atoms with Gasteiger partial charge in [0.2, 0.25) is 0 Å². The summed E-state index contributed by atoms with van der Waals surface area (Å²) in [5.74, 6) is -0.968. The van der Waals surface area contributed by atoms with Crippen molar-refractivity contribution in [1.82, 2.24) is 10.3 Å². The molecule has 0 aliphatic rings. The topological polar surface area (TPSA) is 88.5 Å². The van der Waals surface area contributed by atoms with Gasteiger partial charge in [-0.25, -0.2) is 14.6 Å². The largest absolute Gasteiger partial charge is 0.477 e. The maximum atomic E-state index is 11.0. The summed E-state index contributed by atoms with van der Waals surface area (Å²) in [6.07, 6.45) is 0.0247. The number of nitrogens with one attached hydrogen (secondary N) is 1. The van der Waals surface area contributed by atoms with Crippen molar-refractivity contribution in [1.29, 1.82) is 0 Å². The van der Waals surface area contributed by atoms with Crippen molar-refractivity contribution in [2.24, 2.45) is 0 Å². The molecule has 1 rings (SSSR count). The Kier molecular flexibility index (Phi) is 4.89. The van der Waals surface area contributed by atoms with E-state index in [9.17, 15) is 9.59 Å². The molecule has 94 valence electrons. The van der Waals surface area contributed by atoms with Gasteiger partial charge in [0, 0.05) is 13.0 Å². The number of amides is 1.